The van der Waals surface area contributed by atoms with Crippen LogP contribution in [0.1, 0.15) is 21.7 Å². The fourth-order valence-corrected chi connectivity index (χ4v) is 2.70. The topological polar surface area (TPSA) is 111 Å². The molecule has 0 saturated carbocycles. The van der Waals surface area contributed by atoms with Crippen LogP contribution in [0.4, 0.5) is 11.8 Å². The Balaban J connectivity index is 1.63. The Bertz CT molecular complexity index is 947. The minimum atomic E-state index is -0.117. The smallest absolute Gasteiger partial charge is 0.251 e. The largest absolute Gasteiger partial charge is 0.373 e. The number of anilines is 2. The highest BCUT2D eigenvalue weighted by Crippen LogP contribution is 2.21. The summed E-state index contributed by atoms with van der Waals surface area (Å²) < 4.78 is 2.03. The van der Waals surface area contributed by atoms with Crippen molar-refractivity contribution in [2.24, 2.45) is 0 Å². The Morgan fingerprint density at radius 2 is 1.93 bits per heavy atom. The predicted octanol–water partition coefficient (Wildman–Crippen LogP) is 2.01. The van der Waals surface area contributed by atoms with E-state index < -0.39 is 0 Å². The predicted molar refractivity (Wildman–Crippen MR) is 105 cm³/mol. The first-order chi connectivity index (χ1) is 13.0. The molecule has 1 amide bonds. The van der Waals surface area contributed by atoms with E-state index in [1.165, 1.54) is 0 Å². The van der Waals surface area contributed by atoms with E-state index in [2.05, 4.69) is 25.6 Å². The van der Waals surface area contributed by atoms with Gasteiger partial charge in [0.1, 0.15) is 5.82 Å². The number of rotatable bonds is 6. The molecule has 0 saturated heterocycles. The van der Waals surface area contributed by atoms with Crippen LogP contribution in [0.2, 0.25) is 0 Å². The molecule has 140 valence electrons. The molecule has 0 bridgehead atoms. The molecule has 1 aromatic carbocycles. The van der Waals surface area contributed by atoms with Gasteiger partial charge >= 0.3 is 0 Å². The van der Waals surface area contributed by atoms with Crippen LogP contribution < -0.4 is 16.4 Å². The zero-order chi connectivity index (χ0) is 19.4. The van der Waals surface area contributed by atoms with Crippen molar-refractivity contribution in [2.75, 3.05) is 24.6 Å². The van der Waals surface area contributed by atoms with E-state index in [0.717, 1.165) is 17.0 Å². The molecular weight excluding hydrogens is 342 g/mol. The maximum atomic E-state index is 12.3. The number of carbonyl (C=O) groups is 1. The van der Waals surface area contributed by atoms with Gasteiger partial charge in [-0.15, -0.1) is 0 Å². The number of benzene rings is 1. The van der Waals surface area contributed by atoms with E-state index in [4.69, 9.17) is 5.73 Å². The average Bonchev–Trinajstić information content (AvgIpc) is 2.99. The lowest BCUT2D eigenvalue weighted by atomic mass is 10.1. The summed E-state index contributed by atoms with van der Waals surface area (Å²) in [4.78, 5) is 24.9. The number of carbonyl (C=O) groups excluding carboxylic acids is 1. The maximum absolute atomic E-state index is 12.3. The van der Waals surface area contributed by atoms with Crippen LogP contribution in [0.15, 0.2) is 36.7 Å². The standard InChI is InChI=1S/C19H23N7O/c1-12-13(2)26(11-23-12)9-8-22-18(27)15-6-4-14(5-7-15)16-10-17(21-3)25-19(20)24-16/h4-7,10-11H,8-9H2,1-3H3,(H,22,27)(H3,20,21,24,25). The number of imidazole rings is 1. The lowest BCUT2D eigenvalue weighted by molar-refractivity contribution is 0.0952. The van der Waals surface area contributed by atoms with Crippen LogP contribution in [0.5, 0.6) is 0 Å². The van der Waals surface area contributed by atoms with Crippen molar-refractivity contribution in [1.29, 1.82) is 0 Å². The number of amides is 1. The highest BCUT2D eigenvalue weighted by molar-refractivity contribution is 5.94. The maximum Gasteiger partial charge on any atom is 0.251 e. The molecular formula is C19H23N7O. The highest BCUT2D eigenvalue weighted by Gasteiger charge is 2.08. The lowest BCUT2D eigenvalue weighted by Crippen LogP contribution is -2.27. The quantitative estimate of drug-likeness (QED) is 0.616. The molecule has 2 heterocycles. The molecule has 0 aliphatic rings. The summed E-state index contributed by atoms with van der Waals surface area (Å²) in [6.45, 7) is 5.20. The molecule has 3 aromatic rings. The molecule has 8 heteroatoms. The minimum Gasteiger partial charge on any atom is -0.373 e. The highest BCUT2D eigenvalue weighted by atomic mass is 16.1. The normalized spacial score (nSPS) is 10.6. The van der Waals surface area contributed by atoms with E-state index in [1.54, 1.807) is 31.6 Å². The van der Waals surface area contributed by atoms with Gasteiger partial charge in [0.2, 0.25) is 5.95 Å². The second-order valence-electron chi connectivity index (χ2n) is 6.19. The summed E-state index contributed by atoms with van der Waals surface area (Å²) >= 11 is 0. The molecule has 0 aliphatic carbocycles. The second kappa shape index (κ2) is 7.86. The lowest BCUT2D eigenvalue weighted by Gasteiger charge is -2.09. The summed E-state index contributed by atoms with van der Waals surface area (Å²) in [5.41, 5.74) is 10.00. The van der Waals surface area contributed by atoms with Crippen LogP contribution in [0, 0.1) is 13.8 Å². The number of aromatic nitrogens is 4. The Labute approximate surface area is 157 Å². The third-order valence-electron chi connectivity index (χ3n) is 4.43. The van der Waals surface area contributed by atoms with E-state index in [1.807, 2.05) is 30.5 Å². The van der Waals surface area contributed by atoms with Crippen molar-refractivity contribution in [3.05, 3.63) is 53.6 Å². The van der Waals surface area contributed by atoms with Crippen molar-refractivity contribution >= 4 is 17.7 Å². The first-order valence-corrected chi connectivity index (χ1v) is 8.67. The molecule has 2 aromatic heterocycles. The Morgan fingerprint density at radius 3 is 2.56 bits per heavy atom. The Morgan fingerprint density at radius 1 is 1.19 bits per heavy atom. The van der Waals surface area contributed by atoms with Crippen LogP contribution >= 0.6 is 0 Å². The Kier molecular flexibility index (Phi) is 5.35. The molecule has 4 N–H and O–H groups in total. The zero-order valence-corrected chi connectivity index (χ0v) is 15.7. The summed E-state index contributed by atoms with van der Waals surface area (Å²) in [6, 6.07) is 9.04. The zero-order valence-electron chi connectivity index (χ0n) is 15.7. The van der Waals surface area contributed by atoms with E-state index >= 15 is 0 Å². The third kappa shape index (κ3) is 4.22. The fourth-order valence-electron chi connectivity index (χ4n) is 2.70. The number of aryl methyl sites for hydroxylation is 1. The Hall–Kier alpha value is -3.42. The van der Waals surface area contributed by atoms with Crippen LogP contribution in [-0.2, 0) is 6.54 Å². The van der Waals surface area contributed by atoms with Gasteiger partial charge in [0.15, 0.2) is 0 Å². The number of nitrogen functional groups attached to an aromatic ring is 1. The summed E-state index contributed by atoms with van der Waals surface area (Å²) in [6.07, 6.45) is 1.79. The number of nitrogens with two attached hydrogens (primary N) is 1. The van der Waals surface area contributed by atoms with Crippen molar-refractivity contribution in [3.63, 3.8) is 0 Å². The van der Waals surface area contributed by atoms with Crippen molar-refractivity contribution in [1.82, 2.24) is 24.8 Å². The van der Waals surface area contributed by atoms with Gasteiger partial charge in [-0.2, -0.15) is 4.98 Å². The molecule has 3 rings (SSSR count). The van der Waals surface area contributed by atoms with E-state index in [-0.39, 0.29) is 11.9 Å². The number of nitrogens with zero attached hydrogens (tertiary/aromatic N) is 4. The summed E-state index contributed by atoms with van der Waals surface area (Å²) in [5, 5.41) is 5.88. The summed E-state index contributed by atoms with van der Waals surface area (Å²) in [5.74, 6) is 0.724. The monoisotopic (exact) mass is 365 g/mol. The van der Waals surface area contributed by atoms with Gasteiger partial charge in [-0.25, -0.2) is 9.97 Å². The van der Waals surface area contributed by atoms with Crippen molar-refractivity contribution in [3.8, 4) is 11.3 Å². The SMILES string of the molecule is CNc1cc(-c2ccc(C(=O)NCCn3cnc(C)c3C)cc2)nc(N)n1. The molecule has 0 radical (unpaired) electrons. The van der Waals surface area contributed by atoms with Crippen LogP contribution in [0.3, 0.4) is 0 Å². The number of hydrogen-bond acceptors (Lipinski definition) is 6. The number of hydrogen-bond donors (Lipinski definition) is 3. The van der Waals surface area contributed by atoms with Gasteiger partial charge in [0.25, 0.3) is 5.91 Å². The molecule has 27 heavy (non-hydrogen) atoms. The first-order valence-electron chi connectivity index (χ1n) is 8.67. The number of nitrogens with one attached hydrogen (secondary N) is 2. The third-order valence-corrected chi connectivity index (χ3v) is 4.43. The van der Waals surface area contributed by atoms with E-state index in [9.17, 15) is 4.79 Å². The van der Waals surface area contributed by atoms with Gasteiger partial charge in [-0.3, -0.25) is 4.79 Å². The average molecular weight is 365 g/mol. The molecule has 0 aliphatic heterocycles. The van der Waals surface area contributed by atoms with Gasteiger partial charge < -0.3 is 20.9 Å². The fraction of sp³-hybridized carbons (Fsp3) is 0.263. The molecule has 8 nitrogen and oxygen atoms in total. The molecule has 0 unspecified atom stereocenters. The minimum absolute atomic E-state index is 0.117. The van der Waals surface area contributed by atoms with Gasteiger partial charge in [0.05, 0.1) is 17.7 Å². The summed E-state index contributed by atoms with van der Waals surface area (Å²) in [7, 11) is 1.77. The van der Waals surface area contributed by atoms with Crippen LogP contribution in [-0.4, -0.2) is 39.0 Å². The van der Waals surface area contributed by atoms with Crippen LogP contribution in [0.25, 0.3) is 11.3 Å². The van der Waals surface area contributed by atoms with Gasteiger partial charge in [-0.05, 0) is 26.0 Å². The molecule has 0 atom stereocenters. The van der Waals surface area contributed by atoms with Crippen molar-refractivity contribution < 1.29 is 4.79 Å². The molecule has 0 fully saturated rings. The second-order valence-corrected chi connectivity index (χ2v) is 6.19. The van der Waals surface area contributed by atoms with E-state index in [0.29, 0.717) is 30.2 Å². The van der Waals surface area contributed by atoms with Crippen molar-refractivity contribution in [2.45, 2.75) is 20.4 Å². The van der Waals surface area contributed by atoms with Gasteiger partial charge in [0, 0.05) is 43.0 Å². The molecule has 0 spiro atoms. The first kappa shape index (κ1) is 18.4. The van der Waals surface area contributed by atoms with Gasteiger partial charge in [-0.1, -0.05) is 12.1 Å².